The van der Waals surface area contributed by atoms with Crippen LogP contribution < -0.4 is 0 Å². The molecule has 1 saturated heterocycles. The summed E-state index contributed by atoms with van der Waals surface area (Å²) in [5.41, 5.74) is 0.873. The molecule has 0 saturated carbocycles. The Hall–Kier alpha value is -2.38. The number of benzene rings is 1. The van der Waals surface area contributed by atoms with Crippen LogP contribution in [0.5, 0.6) is 0 Å². The maximum absolute atomic E-state index is 12.3. The quantitative estimate of drug-likeness (QED) is 0.754. The molecule has 0 N–H and O–H groups in total. The first-order valence-corrected chi connectivity index (χ1v) is 9.21. The lowest BCUT2D eigenvalue weighted by atomic mass is 10.2. The van der Waals surface area contributed by atoms with Crippen LogP contribution in [-0.4, -0.2) is 66.5 Å². The number of amides is 2. The van der Waals surface area contributed by atoms with E-state index in [2.05, 4.69) is 4.98 Å². The summed E-state index contributed by atoms with van der Waals surface area (Å²) in [5, 5.41) is 0.652. The third kappa shape index (κ3) is 5.30. The largest absolute Gasteiger partial charge is 0.441 e. The van der Waals surface area contributed by atoms with Crippen molar-refractivity contribution in [3.05, 3.63) is 41.4 Å². The Bertz CT molecular complexity index is 785. The second-order valence-electron chi connectivity index (χ2n) is 6.37. The number of morpholine rings is 1. The van der Waals surface area contributed by atoms with Crippen molar-refractivity contribution >= 4 is 23.4 Å². The Balaban J connectivity index is 1.48. The van der Waals surface area contributed by atoms with Gasteiger partial charge < -0.3 is 19.0 Å². The molecule has 0 unspecified atom stereocenters. The molecule has 0 bridgehead atoms. The maximum Gasteiger partial charge on any atom is 0.242 e. The minimum absolute atomic E-state index is 0.0599. The van der Waals surface area contributed by atoms with Gasteiger partial charge in [0.25, 0.3) is 0 Å². The monoisotopic (exact) mass is 391 g/mol. The summed E-state index contributed by atoms with van der Waals surface area (Å²) in [7, 11) is 1.63. The van der Waals surface area contributed by atoms with Gasteiger partial charge in [0.05, 0.1) is 26.0 Å². The molecule has 2 aromatic rings. The summed E-state index contributed by atoms with van der Waals surface area (Å²) in [6.07, 6.45) is 2.24. The van der Waals surface area contributed by atoms with Gasteiger partial charge in [0.2, 0.25) is 11.8 Å². The fourth-order valence-corrected chi connectivity index (χ4v) is 2.91. The molecule has 0 atom stereocenters. The molecule has 1 aliphatic rings. The SMILES string of the molecule is CN(CC(=O)N1CCOCC1)C(=O)CCc1ncc(-c2ccc(Cl)cc2)o1. The number of aryl methyl sites for hydroxylation is 1. The molecular formula is C19H22ClN3O4. The number of oxazole rings is 1. The predicted octanol–water partition coefficient (Wildman–Crippen LogP) is 2.24. The number of ether oxygens (including phenoxy) is 1. The third-order valence-electron chi connectivity index (χ3n) is 4.40. The summed E-state index contributed by atoms with van der Waals surface area (Å²) in [6.45, 7) is 2.31. The minimum atomic E-state index is -0.122. The zero-order valence-electron chi connectivity index (χ0n) is 15.2. The van der Waals surface area contributed by atoms with Crippen LogP contribution in [0.3, 0.4) is 0 Å². The summed E-state index contributed by atoms with van der Waals surface area (Å²) in [6, 6.07) is 7.26. The number of likely N-dealkylation sites (N-methyl/N-ethyl adjacent to an activating group) is 1. The second-order valence-corrected chi connectivity index (χ2v) is 6.80. The van der Waals surface area contributed by atoms with Gasteiger partial charge in [-0.25, -0.2) is 4.98 Å². The van der Waals surface area contributed by atoms with Gasteiger partial charge >= 0.3 is 0 Å². The number of halogens is 1. The van der Waals surface area contributed by atoms with E-state index in [1.54, 1.807) is 30.3 Å². The molecule has 27 heavy (non-hydrogen) atoms. The highest BCUT2D eigenvalue weighted by atomic mass is 35.5. The van der Waals surface area contributed by atoms with Crippen molar-refractivity contribution in [3.63, 3.8) is 0 Å². The maximum atomic E-state index is 12.3. The minimum Gasteiger partial charge on any atom is -0.441 e. The molecule has 0 spiro atoms. The first-order valence-electron chi connectivity index (χ1n) is 8.83. The van der Waals surface area contributed by atoms with Crippen LogP contribution in [0.4, 0.5) is 0 Å². The van der Waals surface area contributed by atoms with Gasteiger partial charge in [-0.2, -0.15) is 0 Å². The molecule has 2 amide bonds. The van der Waals surface area contributed by atoms with E-state index >= 15 is 0 Å². The molecular weight excluding hydrogens is 370 g/mol. The van der Waals surface area contributed by atoms with Gasteiger partial charge in [-0.3, -0.25) is 9.59 Å². The summed E-state index contributed by atoms with van der Waals surface area (Å²) >= 11 is 5.88. The van der Waals surface area contributed by atoms with Crippen LogP contribution in [-0.2, 0) is 20.7 Å². The van der Waals surface area contributed by atoms with Crippen molar-refractivity contribution in [1.82, 2.24) is 14.8 Å². The van der Waals surface area contributed by atoms with Crippen LogP contribution in [0.2, 0.25) is 5.02 Å². The van der Waals surface area contributed by atoms with Crippen molar-refractivity contribution in [2.75, 3.05) is 39.9 Å². The first kappa shape index (κ1) is 19.4. The van der Waals surface area contributed by atoms with Crippen LogP contribution in [0.1, 0.15) is 12.3 Å². The number of nitrogens with zero attached hydrogens (tertiary/aromatic N) is 3. The highest BCUT2D eigenvalue weighted by molar-refractivity contribution is 6.30. The predicted molar refractivity (Wildman–Crippen MR) is 100 cm³/mol. The van der Waals surface area contributed by atoms with Crippen LogP contribution >= 0.6 is 11.6 Å². The van der Waals surface area contributed by atoms with Gasteiger partial charge in [-0.15, -0.1) is 0 Å². The number of aromatic nitrogens is 1. The van der Waals surface area contributed by atoms with Gasteiger partial charge in [0, 0.05) is 43.6 Å². The Kier molecular flexibility index (Phi) is 6.47. The number of hydrogen-bond donors (Lipinski definition) is 0. The molecule has 8 heteroatoms. The zero-order valence-corrected chi connectivity index (χ0v) is 15.9. The fraction of sp³-hybridized carbons (Fsp3) is 0.421. The van der Waals surface area contributed by atoms with Crippen molar-refractivity contribution in [3.8, 4) is 11.3 Å². The lowest BCUT2D eigenvalue weighted by molar-refractivity contribution is -0.141. The van der Waals surface area contributed by atoms with Crippen molar-refractivity contribution < 1.29 is 18.7 Å². The zero-order chi connectivity index (χ0) is 19.2. The van der Waals surface area contributed by atoms with Gasteiger partial charge in [0.1, 0.15) is 0 Å². The Morgan fingerprint density at radius 2 is 1.93 bits per heavy atom. The number of hydrogen-bond acceptors (Lipinski definition) is 5. The molecule has 1 fully saturated rings. The molecule has 1 aromatic carbocycles. The van der Waals surface area contributed by atoms with E-state index in [1.807, 2.05) is 12.1 Å². The Morgan fingerprint density at radius 1 is 1.22 bits per heavy atom. The highest BCUT2D eigenvalue weighted by Crippen LogP contribution is 2.22. The molecule has 7 nitrogen and oxygen atoms in total. The van der Waals surface area contributed by atoms with Crippen LogP contribution in [0, 0.1) is 0 Å². The summed E-state index contributed by atoms with van der Waals surface area (Å²) < 4.78 is 10.9. The standard InChI is InChI=1S/C19H22ClN3O4/c1-22(13-19(25)23-8-10-26-11-9-23)18(24)7-6-17-21-12-16(27-17)14-2-4-15(20)5-3-14/h2-5,12H,6-11,13H2,1H3. The summed E-state index contributed by atoms with van der Waals surface area (Å²) in [4.78, 5) is 31.9. The lowest BCUT2D eigenvalue weighted by Crippen LogP contribution is -2.46. The number of carbonyl (C=O) groups is 2. The average molecular weight is 392 g/mol. The fourth-order valence-electron chi connectivity index (χ4n) is 2.78. The van der Waals surface area contributed by atoms with E-state index < -0.39 is 0 Å². The Labute approximate surface area is 162 Å². The first-order chi connectivity index (χ1) is 13.0. The Morgan fingerprint density at radius 3 is 2.63 bits per heavy atom. The van der Waals surface area contributed by atoms with E-state index in [4.69, 9.17) is 20.8 Å². The topological polar surface area (TPSA) is 75.9 Å². The van der Waals surface area contributed by atoms with Crippen LogP contribution in [0.25, 0.3) is 11.3 Å². The molecule has 2 heterocycles. The van der Waals surface area contributed by atoms with Crippen molar-refractivity contribution in [1.29, 1.82) is 0 Å². The molecule has 1 aliphatic heterocycles. The average Bonchev–Trinajstić information content (AvgIpc) is 3.16. The molecule has 0 radical (unpaired) electrons. The lowest BCUT2D eigenvalue weighted by Gasteiger charge is -2.28. The normalized spacial score (nSPS) is 14.2. The van der Waals surface area contributed by atoms with E-state index in [-0.39, 0.29) is 24.8 Å². The number of rotatable bonds is 6. The molecule has 1 aromatic heterocycles. The van der Waals surface area contributed by atoms with Crippen molar-refractivity contribution in [2.24, 2.45) is 0 Å². The van der Waals surface area contributed by atoms with Crippen molar-refractivity contribution in [2.45, 2.75) is 12.8 Å². The van der Waals surface area contributed by atoms with E-state index in [0.717, 1.165) is 5.56 Å². The van der Waals surface area contributed by atoms with Gasteiger partial charge in [-0.1, -0.05) is 11.6 Å². The molecule has 3 rings (SSSR count). The molecule has 144 valence electrons. The smallest absolute Gasteiger partial charge is 0.242 e. The van der Waals surface area contributed by atoms with E-state index in [1.165, 1.54) is 4.90 Å². The van der Waals surface area contributed by atoms with Crippen LogP contribution in [0.15, 0.2) is 34.9 Å². The highest BCUT2D eigenvalue weighted by Gasteiger charge is 2.20. The molecule has 0 aliphatic carbocycles. The summed E-state index contributed by atoms with van der Waals surface area (Å²) in [5.74, 6) is 0.935. The van der Waals surface area contributed by atoms with E-state index in [0.29, 0.717) is 49.4 Å². The second kappa shape index (κ2) is 9.01. The van der Waals surface area contributed by atoms with Gasteiger partial charge in [-0.05, 0) is 24.3 Å². The third-order valence-corrected chi connectivity index (χ3v) is 4.65. The van der Waals surface area contributed by atoms with E-state index in [9.17, 15) is 9.59 Å². The van der Waals surface area contributed by atoms with Gasteiger partial charge in [0.15, 0.2) is 11.7 Å². The number of carbonyl (C=O) groups excluding carboxylic acids is 2.